The van der Waals surface area contributed by atoms with Gasteiger partial charge >= 0.3 is 5.97 Å². The fourth-order valence-electron chi connectivity index (χ4n) is 4.87. The summed E-state index contributed by atoms with van der Waals surface area (Å²) in [6, 6.07) is 11.7. The Bertz CT molecular complexity index is 1440. The molecule has 4 aromatic rings. The van der Waals surface area contributed by atoms with Crippen LogP contribution in [0.5, 0.6) is 0 Å². The molecule has 1 aliphatic heterocycles. The van der Waals surface area contributed by atoms with Crippen molar-refractivity contribution in [2.45, 2.75) is 48.8 Å². The Morgan fingerprint density at radius 3 is 2.91 bits per heavy atom. The number of hydrogen-bond acceptors (Lipinski definition) is 7. The van der Waals surface area contributed by atoms with Crippen LogP contribution < -0.4 is 5.32 Å². The van der Waals surface area contributed by atoms with E-state index in [0.29, 0.717) is 28.7 Å². The number of nitrogens with one attached hydrogen (secondary N) is 3. The number of fused-ring (bicyclic) bond motifs is 2. The van der Waals surface area contributed by atoms with Crippen molar-refractivity contribution in [3.63, 3.8) is 0 Å². The van der Waals surface area contributed by atoms with Gasteiger partial charge in [-0.1, -0.05) is 12.1 Å². The second-order valence-electron chi connectivity index (χ2n) is 8.61. The maximum Gasteiger partial charge on any atom is 0.356 e. The van der Waals surface area contributed by atoms with Crippen LogP contribution in [0.1, 0.15) is 60.3 Å². The molecule has 8 nitrogen and oxygen atoms in total. The van der Waals surface area contributed by atoms with Crippen molar-refractivity contribution in [2.75, 3.05) is 11.9 Å². The number of esters is 1. The van der Waals surface area contributed by atoms with E-state index in [1.165, 1.54) is 11.8 Å². The fraction of sp³-hybridized carbons (Fsp3) is 0.269. The van der Waals surface area contributed by atoms with Gasteiger partial charge in [0.15, 0.2) is 16.0 Å². The molecule has 3 aromatic heterocycles. The summed E-state index contributed by atoms with van der Waals surface area (Å²) in [5, 5.41) is 4.78. The minimum absolute atomic E-state index is 0.113. The van der Waals surface area contributed by atoms with Crippen LogP contribution in [0.25, 0.3) is 11.0 Å². The van der Waals surface area contributed by atoms with Crippen LogP contribution in [0.4, 0.5) is 5.69 Å². The van der Waals surface area contributed by atoms with Crippen molar-refractivity contribution < 1.29 is 18.7 Å². The molecule has 0 radical (unpaired) electrons. The van der Waals surface area contributed by atoms with E-state index in [2.05, 4.69) is 20.3 Å². The molecular weight excluding hydrogens is 464 g/mol. The van der Waals surface area contributed by atoms with E-state index in [4.69, 9.17) is 9.15 Å². The Balaban J connectivity index is 1.39. The zero-order chi connectivity index (χ0) is 23.9. The number of Topliss-reactive ketones (excluding diaryl/α,β-unsaturated/α-hetero) is 1. The van der Waals surface area contributed by atoms with Gasteiger partial charge in [-0.25, -0.2) is 9.78 Å². The topological polar surface area (TPSA) is 113 Å². The molecule has 0 spiro atoms. The summed E-state index contributed by atoms with van der Waals surface area (Å²) < 4.78 is 11.5. The maximum absolute atomic E-state index is 13.2. The molecule has 1 unspecified atom stereocenters. The summed E-state index contributed by atoms with van der Waals surface area (Å²) in [5.74, 6) is -0.0631. The van der Waals surface area contributed by atoms with Gasteiger partial charge in [-0.3, -0.25) is 4.79 Å². The molecule has 4 heterocycles. The third-order valence-corrected chi connectivity index (χ3v) is 7.23. The molecule has 35 heavy (non-hydrogen) atoms. The number of allylic oxidation sites excluding steroid dienone is 2. The molecule has 0 amide bonds. The highest BCUT2D eigenvalue weighted by Crippen LogP contribution is 2.47. The summed E-state index contributed by atoms with van der Waals surface area (Å²) in [6.45, 7) is 2.06. The van der Waals surface area contributed by atoms with E-state index >= 15 is 0 Å². The zero-order valence-electron chi connectivity index (χ0n) is 19.1. The van der Waals surface area contributed by atoms with Crippen LogP contribution in [0.3, 0.4) is 0 Å². The van der Waals surface area contributed by atoms with Gasteiger partial charge in [0.2, 0.25) is 0 Å². The minimum atomic E-state index is -0.426. The predicted molar refractivity (Wildman–Crippen MR) is 132 cm³/mol. The van der Waals surface area contributed by atoms with Gasteiger partial charge in [-0.15, -0.1) is 0 Å². The molecule has 1 aliphatic carbocycles. The van der Waals surface area contributed by atoms with Crippen LogP contribution >= 0.6 is 11.8 Å². The number of H-pyrrole nitrogens is 2. The quantitative estimate of drug-likeness (QED) is 0.306. The number of ketones is 1. The number of aromatic amines is 2. The van der Waals surface area contributed by atoms with Gasteiger partial charge < -0.3 is 24.4 Å². The monoisotopic (exact) mass is 488 g/mol. The van der Waals surface area contributed by atoms with E-state index in [1.807, 2.05) is 36.4 Å². The first kappa shape index (κ1) is 21.8. The number of rotatable bonds is 5. The molecule has 1 aromatic carbocycles. The van der Waals surface area contributed by atoms with Crippen molar-refractivity contribution >= 4 is 40.2 Å². The second kappa shape index (κ2) is 8.81. The number of carbonyl (C=O) groups excluding carboxylic acids is 2. The number of nitrogens with zero attached hydrogens (tertiary/aromatic N) is 1. The molecule has 2 aliphatic rings. The number of furan rings is 1. The second-order valence-corrected chi connectivity index (χ2v) is 9.61. The van der Waals surface area contributed by atoms with Gasteiger partial charge in [0.25, 0.3) is 0 Å². The largest absolute Gasteiger partial charge is 0.461 e. The average molecular weight is 489 g/mol. The Kier molecular flexibility index (Phi) is 5.49. The van der Waals surface area contributed by atoms with Crippen LogP contribution in [-0.2, 0) is 9.53 Å². The number of ether oxygens (including phenoxy) is 1. The molecule has 0 fully saturated rings. The van der Waals surface area contributed by atoms with E-state index in [0.717, 1.165) is 52.3 Å². The molecule has 0 saturated carbocycles. The lowest BCUT2D eigenvalue weighted by atomic mass is 9.82. The van der Waals surface area contributed by atoms with Gasteiger partial charge in [-0.2, -0.15) is 0 Å². The highest BCUT2D eigenvalue weighted by molar-refractivity contribution is 7.99. The summed E-state index contributed by atoms with van der Waals surface area (Å²) in [7, 11) is 0. The van der Waals surface area contributed by atoms with Crippen LogP contribution in [0.15, 0.2) is 68.5 Å². The summed E-state index contributed by atoms with van der Waals surface area (Å²) in [6.07, 6.45) is 4.76. The number of aromatic nitrogens is 3. The van der Waals surface area contributed by atoms with Gasteiger partial charge in [0.05, 0.1) is 29.2 Å². The lowest BCUT2D eigenvalue weighted by Gasteiger charge is -2.27. The highest BCUT2D eigenvalue weighted by Gasteiger charge is 2.38. The fourth-order valence-corrected chi connectivity index (χ4v) is 5.64. The van der Waals surface area contributed by atoms with E-state index < -0.39 is 11.9 Å². The summed E-state index contributed by atoms with van der Waals surface area (Å²) in [4.78, 5) is 36.8. The average Bonchev–Trinajstić information content (AvgIpc) is 3.56. The van der Waals surface area contributed by atoms with Gasteiger partial charge in [0.1, 0.15) is 11.5 Å². The Labute approximate surface area is 205 Å². The molecule has 9 heteroatoms. The number of hydrogen-bond donors (Lipinski definition) is 3. The molecule has 178 valence electrons. The Hall–Kier alpha value is -3.72. The highest BCUT2D eigenvalue weighted by atomic mass is 32.2. The summed E-state index contributed by atoms with van der Waals surface area (Å²) in [5.41, 5.74) is 5.25. The molecule has 6 rings (SSSR count). The first-order valence-electron chi connectivity index (χ1n) is 11.8. The van der Waals surface area contributed by atoms with Crippen LogP contribution in [0.2, 0.25) is 0 Å². The smallest absolute Gasteiger partial charge is 0.356 e. The van der Waals surface area contributed by atoms with Gasteiger partial charge in [0, 0.05) is 29.5 Å². The van der Waals surface area contributed by atoms with Gasteiger partial charge in [-0.05, 0) is 62.2 Å². The Morgan fingerprint density at radius 2 is 2.06 bits per heavy atom. The molecule has 1 atom stereocenters. The minimum Gasteiger partial charge on any atom is -0.461 e. The Morgan fingerprint density at radius 1 is 1.20 bits per heavy atom. The van der Waals surface area contributed by atoms with Crippen LogP contribution in [0, 0.1) is 0 Å². The maximum atomic E-state index is 13.2. The van der Waals surface area contributed by atoms with Crippen molar-refractivity contribution in [1.82, 2.24) is 15.0 Å². The molecule has 3 N–H and O–H groups in total. The van der Waals surface area contributed by atoms with Crippen molar-refractivity contribution in [2.24, 2.45) is 0 Å². The first-order valence-corrected chi connectivity index (χ1v) is 12.6. The molecular formula is C26H24N4O4S. The summed E-state index contributed by atoms with van der Waals surface area (Å²) >= 11 is 1.40. The lowest BCUT2D eigenvalue weighted by molar-refractivity contribution is -0.115. The first-order chi connectivity index (χ1) is 17.1. The van der Waals surface area contributed by atoms with Crippen molar-refractivity contribution in [3.8, 4) is 0 Å². The number of para-hydroxylation sites is 2. The normalized spacial score (nSPS) is 17.6. The van der Waals surface area contributed by atoms with E-state index in [-0.39, 0.29) is 12.4 Å². The zero-order valence-corrected chi connectivity index (χ0v) is 20.0. The lowest BCUT2D eigenvalue weighted by Crippen LogP contribution is -2.23. The predicted octanol–water partition coefficient (Wildman–Crippen LogP) is 5.77. The SMILES string of the molecule is CCOC(=O)c1[nH]cc2c1NC1=C(C(=O)CCCC1)C2c1ccc(Sc2nc3ccccc3[nH]2)o1. The van der Waals surface area contributed by atoms with Crippen LogP contribution in [-0.4, -0.2) is 33.3 Å². The standard InChI is InChI=1S/C26H24N4O4S/c1-2-33-25(32)24-23-14(13-27-24)21(22-17(28-23)9-5-6-10-18(22)31)19-11-12-20(34-19)35-26-29-15-7-3-4-8-16(15)30-26/h3-4,7-8,11-13,21,27-28H,2,5-6,9-10H2,1H3,(H,29,30). The van der Waals surface area contributed by atoms with E-state index in [1.54, 1.807) is 13.1 Å². The van der Waals surface area contributed by atoms with Crippen molar-refractivity contribution in [1.29, 1.82) is 0 Å². The number of anilines is 1. The molecule has 0 saturated heterocycles. The number of imidazole rings is 1. The molecule has 0 bridgehead atoms. The van der Waals surface area contributed by atoms with Crippen molar-refractivity contribution in [3.05, 3.63) is 70.9 Å². The number of benzene rings is 1. The number of carbonyl (C=O) groups is 2. The third kappa shape index (κ3) is 3.85. The third-order valence-electron chi connectivity index (χ3n) is 6.42. The van der Waals surface area contributed by atoms with E-state index in [9.17, 15) is 9.59 Å².